The molecule has 188 valence electrons. The van der Waals surface area contributed by atoms with Crippen molar-refractivity contribution in [2.45, 2.75) is 38.7 Å². The zero-order chi connectivity index (χ0) is 25.8. The molecule has 2 aromatic heterocycles. The number of hydrogen-bond acceptors (Lipinski definition) is 6. The van der Waals surface area contributed by atoms with Gasteiger partial charge in [-0.05, 0) is 51.0 Å². The average Bonchev–Trinajstić information content (AvgIpc) is 3.51. The van der Waals surface area contributed by atoms with Gasteiger partial charge in [-0.1, -0.05) is 17.4 Å². The lowest BCUT2D eigenvalue weighted by atomic mass is 9.96. The molecule has 10 heteroatoms. The molecule has 1 atom stereocenters. The number of aromatic nitrogens is 2. The molecule has 3 heterocycles. The highest BCUT2D eigenvalue weighted by atomic mass is 32.1. The minimum Gasteiger partial charge on any atom is -0.496 e. The van der Waals surface area contributed by atoms with Crippen LogP contribution >= 0.6 is 11.3 Å². The number of thiazole rings is 1. The molecule has 2 aromatic carbocycles. The van der Waals surface area contributed by atoms with E-state index in [2.05, 4.69) is 4.98 Å². The Bertz CT molecular complexity index is 1500. The zero-order valence-electron chi connectivity index (χ0n) is 20.5. The summed E-state index contributed by atoms with van der Waals surface area (Å²) in [5.41, 5.74) is 7.75. The van der Waals surface area contributed by atoms with Crippen LogP contribution in [0.2, 0.25) is 0 Å². The van der Waals surface area contributed by atoms with E-state index in [0.717, 1.165) is 22.2 Å². The van der Waals surface area contributed by atoms with E-state index in [0.29, 0.717) is 40.6 Å². The van der Waals surface area contributed by atoms with Gasteiger partial charge in [0.15, 0.2) is 4.96 Å². The second kappa shape index (κ2) is 8.77. The number of nitrogens with zero attached hydrogens (tertiary/aromatic N) is 3. The first-order valence-corrected chi connectivity index (χ1v) is 12.4. The van der Waals surface area contributed by atoms with Gasteiger partial charge >= 0.3 is 6.09 Å². The van der Waals surface area contributed by atoms with Gasteiger partial charge in [-0.2, -0.15) is 0 Å². The molecule has 0 radical (unpaired) electrons. The van der Waals surface area contributed by atoms with E-state index < -0.39 is 11.5 Å². The molecule has 1 aliphatic heterocycles. The summed E-state index contributed by atoms with van der Waals surface area (Å²) in [7, 11) is 1.48. The third kappa shape index (κ3) is 4.37. The SMILES string of the molecule is COc1cc2c(cc1C(N)=O)sc1nc(-c3ccc(C4CCN(C(=O)OC(C)(C)C)C4)cc3F)cn12. The molecule has 2 amide bonds. The standard InChI is InChI=1S/C26H27FN4O4S/c1-26(2,3)35-25(33)30-8-7-15(12-30)14-5-6-16(18(27)9-14)19-13-31-20-11-21(34-4)17(23(28)32)10-22(20)36-24(31)29-19/h5-6,9-11,13,15H,7-8,12H2,1-4H3,(H2,28,32). The summed E-state index contributed by atoms with van der Waals surface area (Å²) in [6.45, 7) is 6.59. The van der Waals surface area contributed by atoms with Gasteiger partial charge in [0, 0.05) is 36.8 Å². The van der Waals surface area contributed by atoms with Gasteiger partial charge in [0.05, 0.1) is 28.6 Å². The maximum Gasteiger partial charge on any atom is 0.410 e. The second-order valence-corrected chi connectivity index (χ2v) is 10.9. The Morgan fingerprint density at radius 1 is 1.22 bits per heavy atom. The normalized spacial score (nSPS) is 16.1. The molecule has 1 fully saturated rings. The molecule has 0 saturated carbocycles. The Hall–Kier alpha value is -3.66. The van der Waals surface area contributed by atoms with Crippen molar-refractivity contribution >= 4 is 38.5 Å². The van der Waals surface area contributed by atoms with Crippen molar-refractivity contribution in [3.63, 3.8) is 0 Å². The van der Waals surface area contributed by atoms with Crippen molar-refractivity contribution in [2.75, 3.05) is 20.2 Å². The van der Waals surface area contributed by atoms with E-state index >= 15 is 4.39 Å². The van der Waals surface area contributed by atoms with Crippen LogP contribution in [-0.2, 0) is 4.74 Å². The number of likely N-dealkylation sites (tertiary alicyclic amines) is 1. The van der Waals surface area contributed by atoms with E-state index in [4.69, 9.17) is 15.2 Å². The Morgan fingerprint density at radius 3 is 2.67 bits per heavy atom. The van der Waals surface area contributed by atoms with Crippen LogP contribution in [0.25, 0.3) is 26.4 Å². The largest absolute Gasteiger partial charge is 0.496 e. The predicted molar refractivity (Wildman–Crippen MR) is 136 cm³/mol. The highest BCUT2D eigenvalue weighted by Gasteiger charge is 2.31. The van der Waals surface area contributed by atoms with Gasteiger partial charge in [-0.25, -0.2) is 14.2 Å². The number of fused-ring (bicyclic) bond motifs is 3. The number of halogens is 1. The van der Waals surface area contributed by atoms with Crippen LogP contribution in [-0.4, -0.2) is 52.1 Å². The first-order valence-electron chi connectivity index (χ1n) is 11.6. The molecule has 1 saturated heterocycles. The molecule has 1 unspecified atom stereocenters. The summed E-state index contributed by atoms with van der Waals surface area (Å²) in [5, 5.41) is 0. The number of hydrogen-bond donors (Lipinski definition) is 1. The smallest absolute Gasteiger partial charge is 0.410 e. The summed E-state index contributed by atoms with van der Waals surface area (Å²) in [5.74, 6) is -0.522. The number of amides is 2. The van der Waals surface area contributed by atoms with E-state index in [1.54, 1.807) is 29.3 Å². The van der Waals surface area contributed by atoms with Gasteiger partial charge < -0.3 is 20.1 Å². The number of carbonyl (C=O) groups is 2. The maximum absolute atomic E-state index is 15.3. The average molecular weight is 511 g/mol. The number of ether oxygens (including phenoxy) is 2. The second-order valence-electron chi connectivity index (χ2n) is 9.92. The Kier molecular flexibility index (Phi) is 5.86. The molecule has 1 aliphatic rings. The van der Waals surface area contributed by atoms with Crippen LogP contribution in [0, 0.1) is 5.82 Å². The number of primary amides is 1. The molecule has 2 N–H and O–H groups in total. The lowest BCUT2D eigenvalue weighted by molar-refractivity contribution is 0.0292. The van der Waals surface area contributed by atoms with Crippen LogP contribution in [0.1, 0.15) is 49.0 Å². The number of benzene rings is 2. The summed E-state index contributed by atoms with van der Waals surface area (Å²) >= 11 is 1.38. The quantitative estimate of drug-likeness (QED) is 0.408. The maximum atomic E-state index is 15.3. The van der Waals surface area contributed by atoms with Crippen molar-refractivity contribution in [1.29, 1.82) is 0 Å². The Balaban J connectivity index is 1.40. The van der Waals surface area contributed by atoms with Crippen molar-refractivity contribution in [3.05, 3.63) is 53.5 Å². The van der Waals surface area contributed by atoms with Crippen LogP contribution in [0.4, 0.5) is 9.18 Å². The Labute approximate surface area is 211 Å². The van der Waals surface area contributed by atoms with Gasteiger partial charge in [-0.3, -0.25) is 9.20 Å². The predicted octanol–water partition coefficient (Wildman–Crippen LogP) is 5.19. The number of rotatable bonds is 4. The van der Waals surface area contributed by atoms with E-state index in [1.165, 1.54) is 24.5 Å². The fourth-order valence-corrected chi connectivity index (χ4v) is 5.56. The highest BCUT2D eigenvalue weighted by molar-refractivity contribution is 7.23. The third-order valence-electron chi connectivity index (χ3n) is 6.26. The fraction of sp³-hybridized carbons (Fsp3) is 0.346. The monoisotopic (exact) mass is 510 g/mol. The number of carbonyl (C=O) groups excluding carboxylic acids is 2. The van der Waals surface area contributed by atoms with Gasteiger partial charge in [0.25, 0.3) is 5.91 Å². The van der Waals surface area contributed by atoms with Crippen LogP contribution < -0.4 is 10.5 Å². The molecule has 0 spiro atoms. The minimum atomic E-state index is -0.570. The van der Waals surface area contributed by atoms with Crippen molar-refractivity contribution in [1.82, 2.24) is 14.3 Å². The van der Waals surface area contributed by atoms with Gasteiger partial charge in [-0.15, -0.1) is 0 Å². The molecule has 0 aliphatic carbocycles. The topological polar surface area (TPSA) is 99.2 Å². The minimum absolute atomic E-state index is 0.0439. The summed E-state index contributed by atoms with van der Waals surface area (Å²) < 4.78 is 28.7. The Morgan fingerprint density at radius 2 is 2.00 bits per heavy atom. The number of methoxy groups -OCH3 is 1. The van der Waals surface area contributed by atoms with E-state index in [9.17, 15) is 9.59 Å². The molecule has 0 bridgehead atoms. The molecular weight excluding hydrogens is 483 g/mol. The van der Waals surface area contributed by atoms with Gasteiger partial charge in [0.1, 0.15) is 17.2 Å². The molecule has 5 rings (SSSR count). The van der Waals surface area contributed by atoms with Crippen molar-refractivity contribution in [3.8, 4) is 17.0 Å². The van der Waals surface area contributed by atoms with Crippen molar-refractivity contribution < 1.29 is 23.5 Å². The van der Waals surface area contributed by atoms with Crippen LogP contribution in [0.15, 0.2) is 36.5 Å². The number of nitrogens with two attached hydrogens (primary N) is 1. The highest BCUT2D eigenvalue weighted by Crippen LogP contribution is 2.35. The van der Waals surface area contributed by atoms with Gasteiger partial charge in [0.2, 0.25) is 0 Å². The zero-order valence-corrected chi connectivity index (χ0v) is 21.3. The summed E-state index contributed by atoms with van der Waals surface area (Å²) in [6, 6.07) is 8.59. The third-order valence-corrected chi connectivity index (χ3v) is 7.28. The lowest BCUT2D eigenvalue weighted by Gasteiger charge is -2.24. The molecular formula is C26H27FN4O4S. The fourth-order valence-electron chi connectivity index (χ4n) is 4.53. The summed E-state index contributed by atoms with van der Waals surface area (Å²) in [4.78, 5) is 31.1. The van der Waals surface area contributed by atoms with Crippen molar-refractivity contribution in [2.24, 2.45) is 5.73 Å². The molecule has 36 heavy (non-hydrogen) atoms. The van der Waals surface area contributed by atoms with Crippen LogP contribution in [0.5, 0.6) is 5.75 Å². The van der Waals surface area contributed by atoms with E-state index in [-0.39, 0.29) is 17.8 Å². The molecule has 8 nitrogen and oxygen atoms in total. The first-order chi connectivity index (χ1) is 17.0. The first kappa shape index (κ1) is 24.1. The van der Waals surface area contributed by atoms with E-state index in [1.807, 2.05) is 31.2 Å². The number of imidazole rings is 1. The van der Waals surface area contributed by atoms with Crippen LogP contribution in [0.3, 0.4) is 0 Å². The lowest BCUT2D eigenvalue weighted by Crippen LogP contribution is -2.35. The molecule has 4 aromatic rings. The summed E-state index contributed by atoms with van der Waals surface area (Å²) in [6.07, 6.45) is 2.18.